The Morgan fingerprint density at radius 3 is 2.87 bits per heavy atom. The molecule has 4 nitrogen and oxygen atoms in total. The summed E-state index contributed by atoms with van der Waals surface area (Å²) in [5, 5.41) is 26.6. The summed E-state index contributed by atoms with van der Waals surface area (Å²) in [5.74, 6) is 0.356. The molecule has 1 unspecified atom stereocenters. The van der Waals surface area contributed by atoms with Gasteiger partial charge in [-0.2, -0.15) is 5.26 Å². The summed E-state index contributed by atoms with van der Waals surface area (Å²) in [7, 11) is 0. The van der Waals surface area contributed by atoms with Gasteiger partial charge in [0.15, 0.2) is 0 Å². The molecule has 0 saturated carbocycles. The van der Waals surface area contributed by atoms with Crippen molar-refractivity contribution < 1.29 is 10.2 Å². The first-order chi connectivity index (χ1) is 7.17. The molecule has 0 saturated heterocycles. The van der Waals surface area contributed by atoms with Crippen LogP contribution in [0.2, 0.25) is 0 Å². The average molecular weight is 224 g/mol. The van der Waals surface area contributed by atoms with Crippen LogP contribution in [0.25, 0.3) is 0 Å². The third-order valence-electron chi connectivity index (χ3n) is 1.77. The van der Waals surface area contributed by atoms with Crippen molar-refractivity contribution in [3.8, 4) is 6.07 Å². The second-order valence-electron chi connectivity index (χ2n) is 3.01. The molecule has 1 aromatic carbocycles. The molecule has 0 aliphatic carbocycles. The Balaban J connectivity index is 2.73. The van der Waals surface area contributed by atoms with Crippen molar-refractivity contribution in [2.75, 3.05) is 18.1 Å². The van der Waals surface area contributed by atoms with Crippen molar-refractivity contribution in [3.05, 3.63) is 23.8 Å². The van der Waals surface area contributed by atoms with Crippen molar-refractivity contribution in [3.63, 3.8) is 0 Å². The van der Waals surface area contributed by atoms with Gasteiger partial charge in [-0.15, -0.1) is 11.8 Å². The van der Waals surface area contributed by atoms with E-state index >= 15 is 0 Å². The van der Waals surface area contributed by atoms with Gasteiger partial charge in [0, 0.05) is 16.3 Å². The molecule has 0 aliphatic rings. The van der Waals surface area contributed by atoms with Gasteiger partial charge in [0.1, 0.15) is 6.07 Å². The van der Waals surface area contributed by atoms with Crippen molar-refractivity contribution in [1.29, 1.82) is 5.26 Å². The average Bonchev–Trinajstić information content (AvgIpc) is 2.26. The van der Waals surface area contributed by atoms with Crippen LogP contribution in [-0.4, -0.2) is 28.7 Å². The maximum absolute atomic E-state index is 9.16. The lowest BCUT2D eigenvalue weighted by Crippen LogP contribution is -2.14. The first kappa shape index (κ1) is 11.9. The molecule has 0 aromatic heterocycles. The minimum atomic E-state index is -0.765. The number of hydrogen-bond donors (Lipinski definition) is 3. The van der Waals surface area contributed by atoms with Gasteiger partial charge < -0.3 is 15.9 Å². The van der Waals surface area contributed by atoms with Gasteiger partial charge in [0.2, 0.25) is 0 Å². The maximum Gasteiger partial charge on any atom is 0.100 e. The Bertz CT molecular complexity index is 376. The number of hydrogen-bond acceptors (Lipinski definition) is 5. The first-order valence-corrected chi connectivity index (χ1v) is 5.37. The Morgan fingerprint density at radius 2 is 2.27 bits per heavy atom. The summed E-state index contributed by atoms with van der Waals surface area (Å²) in [6, 6.07) is 7.07. The number of aliphatic hydroxyl groups excluding tert-OH is 2. The number of aliphatic hydroxyl groups is 2. The Labute approximate surface area is 92.3 Å². The van der Waals surface area contributed by atoms with E-state index in [0.717, 1.165) is 4.90 Å². The van der Waals surface area contributed by atoms with E-state index in [1.165, 1.54) is 11.8 Å². The van der Waals surface area contributed by atoms with E-state index in [1.54, 1.807) is 18.2 Å². The van der Waals surface area contributed by atoms with Crippen molar-refractivity contribution in [2.24, 2.45) is 0 Å². The molecule has 4 N–H and O–H groups in total. The lowest BCUT2D eigenvalue weighted by molar-refractivity contribution is 0.113. The van der Waals surface area contributed by atoms with Crippen molar-refractivity contribution >= 4 is 17.4 Å². The zero-order valence-electron chi connectivity index (χ0n) is 8.05. The van der Waals surface area contributed by atoms with E-state index in [0.29, 0.717) is 17.0 Å². The molecule has 0 amide bonds. The van der Waals surface area contributed by atoms with Gasteiger partial charge in [-0.1, -0.05) is 0 Å². The van der Waals surface area contributed by atoms with Crippen LogP contribution in [0, 0.1) is 11.3 Å². The summed E-state index contributed by atoms with van der Waals surface area (Å²) in [5.41, 5.74) is 6.57. The predicted molar refractivity (Wildman–Crippen MR) is 59.4 cm³/mol. The number of nitriles is 1. The molecule has 15 heavy (non-hydrogen) atoms. The normalized spacial score (nSPS) is 12.1. The third-order valence-corrected chi connectivity index (χ3v) is 2.98. The van der Waals surface area contributed by atoms with E-state index in [-0.39, 0.29) is 6.61 Å². The first-order valence-electron chi connectivity index (χ1n) is 4.38. The molecule has 80 valence electrons. The summed E-state index contributed by atoms with van der Waals surface area (Å²) < 4.78 is 0. The van der Waals surface area contributed by atoms with E-state index in [2.05, 4.69) is 0 Å². The number of thioether (sulfide) groups is 1. The number of nitrogen functional groups attached to an aromatic ring is 1. The van der Waals surface area contributed by atoms with Crippen LogP contribution >= 0.6 is 11.8 Å². The number of benzene rings is 1. The van der Waals surface area contributed by atoms with Gasteiger partial charge >= 0.3 is 0 Å². The molecule has 1 rings (SSSR count). The van der Waals surface area contributed by atoms with Crippen molar-refractivity contribution in [2.45, 2.75) is 11.0 Å². The quantitative estimate of drug-likeness (QED) is 0.514. The largest absolute Gasteiger partial charge is 0.399 e. The van der Waals surface area contributed by atoms with Crippen LogP contribution in [0.1, 0.15) is 5.56 Å². The summed E-state index contributed by atoms with van der Waals surface area (Å²) in [4.78, 5) is 0.763. The molecule has 0 radical (unpaired) electrons. The highest BCUT2D eigenvalue weighted by Crippen LogP contribution is 2.24. The standard InChI is InChI=1S/C10H12N2O2S/c11-4-7-3-8(12)1-2-10(7)15-6-9(14)5-13/h1-3,9,13-14H,5-6,12H2. The molecule has 0 spiro atoms. The van der Waals surface area contributed by atoms with Crippen molar-refractivity contribution in [1.82, 2.24) is 0 Å². The highest BCUT2D eigenvalue weighted by molar-refractivity contribution is 7.99. The zero-order valence-corrected chi connectivity index (χ0v) is 8.87. The number of nitrogens with zero attached hydrogens (tertiary/aromatic N) is 1. The molecule has 5 heteroatoms. The van der Waals surface area contributed by atoms with E-state index in [4.69, 9.17) is 21.2 Å². The lowest BCUT2D eigenvalue weighted by Gasteiger charge is -2.07. The molecule has 1 aromatic rings. The minimum Gasteiger partial charge on any atom is -0.399 e. The molecule has 0 heterocycles. The van der Waals surface area contributed by atoms with E-state index in [1.807, 2.05) is 6.07 Å². The van der Waals surface area contributed by atoms with Gasteiger partial charge in [-0.3, -0.25) is 0 Å². The smallest absolute Gasteiger partial charge is 0.100 e. The third kappa shape index (κ3) is 3.44. The molecule has 0 fully saturated rings. The van der Waals surface area contributed by atoms with E-state index < -0.39 is 6.10 Å². The molecule has 0 bridgehead atoms. The number of nitrogens with two attached hydrogens (primary N) is 1. The molecular formula is C10H12N2O2S. The monoisotopic (exact) mass is 224 g/mol. The minimum absolute atomic E-state index is 0.274. The van der Waals surface area contributed by atoms with Crippen LogP contribution in [0.5, 0.6) is 0 Å². The van der Waals surface area contributed by atoms with Crippen LogP contribution in [0.3, 0.4) is 0 Å². The second kappa shape index (κ2) is 5.61. The molecular weight excluding hydrogens is 212 g/mol. The van der Waals surface area contributed by atoms with E-state index in [9.17, 15) is 0 Å². The van der Waals surface area contributed by atoms with Gasteiger partial charge in [0.25, 0.3) is 0 Å². The van der Waals surface area contributed by atoms with Crippen LogP contribution in [0.15, 0.2) is 23.1 Å². The lowest BCUT2D eigenvalue weighted by atomic mass is 10.2. The van der Waals surface area contributed by atoms with Gasteiger partial charge in [0.05, 0.1) is 18.3 Å². The predicted octanol–water partition coefficient (Wildman–Crippen LogP) is 0.586. The highest BCUT2D eigenvalue weighted by Gasteiger charge is 2.07. The van der Waals surface area contributed by atoms with Gasteiger partial charge in [-0.25, -0.2) is 0 Å². The molecule has 1 atom stereocenters. The zero-order chi connectivity index (χ0) is 11.3. The Kier molecular flexibility index (Phi) is 4.43. The Hall–Kier alpha value is -1.22. The Morgan fingerprint density at radius 1 is 1.53 bits per heavy atom. The van der Waals surface area contributed by atoms with Crippen LogP contribution in [-0.2, 0) is 0 Å². The summed E-state index contributed by atoms with van der Waals surface area (Å²) in [6.45, 7) is -0.274. The van der Waals surface area contributed by atoms with Gasteiger partial charge in [-0.05, 0) is 18.2 Å². The maximum atomic E-state index is 9.16. The van der Waals surface area contributed by atoms with Crippen LogP contribution in [0.4, 0.5) is 5.69 Å². The fraction of sp³-hybridized carbons (Fsp3) is 0.300. The number of anilines is 1. The fourth-order valence-electron chi connectivity index (χ4n) is 1.000. The highest BCUT2D eigenvalue weighted by atomic mass is 32.2. The SMILES string of the molecule is N#Cc1cc(N)ccc1SCC(O)CO. The number of rotatable bonds is 4. The summed E-state index contributed by atoms with van der Waals surface area (Å²) >= 11 is 1.32. The molecule has 0 aliphatic heterocycles. The fourth-order valence-corrected chi connectivity index (χ4v) is 1.90. The topological polar surface area (TPSA) is 90.3 Å². The van der Waals surface area contributed by atoms with Crippen LogP contribution < -0.4 is 5.73 Å². The second-order valence-corrected chi connectivity index (χ2v) is 4.08. The summed E-state index contributed by atoms with van der Waals surface area (Å²) in [6.07, 6.45) is -0.765.